The molecule has 0 aliphatic rings. The third-order valence-electron chi connectivity index (χ3n) is 4.79. The van der Waals surface area contributed by atoms with Crippen molar-refractivity contribution in [2.75, 3.05) is 11.9 Å². The molecular weight excluding hydrogens is 376 g/mol. The van der Waals surface area contributed by atoms with Crippen LogP contribution in [0.4, 0.5) is 5.69 Å². The molecule has 1 heterocycles. The summed E-state index contributed by atoms with van der Waals surface area (Å²) in [4.78, 5) is 29.5. The second-order valence-electron chi connectivity index (χ2n) is 7.06. The van der Waals surface area contributed by atoms with E-state index < -0.39 is 0 Å². The molecule has 2 amide bonds. The van der Waals surface area contributed by atoms with Gasteiger partial charge >= 0.3 is 0 Å². The fourth-order valence-electron chi connectivity index (χ4n) is 3.07. The summed E-state index contributed by atoms with van der Waals surface area (Å²) in [7, 11) is 0. The summed E-state index contributed by atoms with van der Waals surface area (Å²) in [5, 5.41) is 8.96. The van der Waals surface area contributed by atoms with E-state index in [1.807, 2.05) is 62.4 Å². The van der Waals surface area contributed by atoms with Gasteiger partial charge in [0.2, 0.25) is 5.91 Å². The van der Waals surface area contributed by atoms with Crippen molar-refractivity contribution in [3.05, 3.63) is 95.8 Å². The molecule has 0 saturated carbocycles. The maximum Gasteiger partial charge on any atom is 0.253 e. The lowest BCUT2D eigenvalue weighted by atomic mass is 10.1. The zero-order valence-corrected chi connectivity index (χ0v) is 17.1. The highest BCUT2D eigenvalue weighted by atomic mass is 16.2. The number of rotatable bonds is 8. The molecule has 0 spiro atoms. The second kappa shape index (κ2) is 10.3. The van der Waals surface area contributed by atoms with Gasteiger partial charge in [0.15, 0.2) is 0 Å². The molecule has 3 aromatic rings. The van der Waals surface area contributed by atoms with Crippen LogP contribution in [-0.2, 0) is 4.79 Å². The van der Waals surface area contributed by atoms with Crippen molar-refractivity contribution >= 4 is 17.5 Å². The van der Waals surface area contributed by atoms with E-state index >= 15 is 0 Å². The molecule has 0 saturated heterocycles. The van der Waals surface area contributed by atoms with Gasteiger partial charge in [-0.3, -0.25) is 14.6 Å². The summed E-state index contributed by atoms with van der Waals surface area (Å²) in [6.07, 6.45) is 1.72. The van der Waals surface area contributed by atoms with Crippen molar-refractivity contribution in [3.8, 4) is 0 Å². The zero-order chi connectivity index (χ0) is 21.3. The number of amides is 2. The highest BCUT2D eigenvalue weighted by Crippen LogP contribution is 2.18. The van der Waals surface area contributed by atoms with E-state index in [1.165, 1.54) is 0 Å². The molecule has 2 aromatic carbocycles. The summed E-state index contributed by atoms with van der Waals surface area (Å²) in [6.45, 7) is 3.98. The molecule has 6 nitrogen and oxygen atoms in total. The van der Waals surface area contributed by atoms with Crippen molar-refractivity contribution in [2.24, 2.45) is 0 Å². The Morgan fingerprint density at radius 1 is 0.867 bits per heavy atom. The molecule has 2 atom stereocenters. The summed E-state index contributed by atoms with van der Waals surface area (Å²) < 4.78 is 0. The number of benzene rings is 2. The summed E-state index contributed by atoms with van der Waals surface area (Å²) in [5.41, 5.74) is 2.78. The molecule has 3 rings (SSSR count). The van der Waals surface area contributed by atoms with E-state index in [4.69, 9.17) is 0 Å². The van der Waals surface area contributed by atoms with E-state index in [1.54, 1.807) is 30.5 Å². The molecule has 0 radical (unpaired) electrons. The predicted octanol–water partition coefficient (Wildman–Crippen LogP) is 3.86. The smallest absolute Gasteiger partial charge is 0.253 e. The molecule has 30 heavy (non-hydrogen) atoms. The van der Waals surface area contributed by atoms with Crippen molar-refractivity contribution in [3.63, 3.8) is 0 Å². The van der Waals surface area contributed by atoms with Crippen molar-refractivity contribution < 1.29 is 9.59 Å². The molecule has 3 N–H and O–H groups in total. The van der Waals surface area contributed by atoms with Crippen molar-refractivity contribution in [1.29, 1.82) is 0 Å². The highest BCUT2D eigenvalue weighted by Gasteiger charge is 2.16. The van der Waals surface area contributed by atoms with Crippen LogP contribution in [0.2, 0.25) is 0 Å². The van der Waals surface area contributed by atoms with Crippen LogP contribution in [0, 0.1) is 0 Å². The number of aromatic nitrogens is 1. The topological polar surface area (TPSA) is 83.1 Å². The first-order valence-corrected chi connectivity index (χ1v) is 9.93. The van der Waals surface area contributed by atoms with Crippen molar-refractivity contribution in [2.45, 2.75) is 25.9 Å². The van der Waals surface area contributed by atoms with E-state index in [-0.39, 0.29) is 30.4 Å². The number of carbonyl (C=O) groups is 2. The van der Waals surface area contributed by atoms with Crippen LogP contribution >= 0.6 is 0 Å². The van der Waals surface area contributed by atoms with Crippen LogP contribution in [0.3, 0.4) is 0 Å². The average molecular weight is 402 g/mol. The Kier molecular flexibility index (Phi) is 7.29. The minimum Gasteiger partial charge on any atom is -0.345 e. The van der Waals surface area contributed by atoms with Crippen LogP contribution in [0.15, 0.2) is 79.0 Å². The van der Waals surface area contributed by atoms with Gasteiger partial charge in [0, 0.05) is 12.2 Å². The molecule has 6 heteroatoms. The minimum atomic E-state index is -0.239. The van der Waals surface area contributed by atoms with Gasteiger partial charge in [-0.2, -0.15) is 0 Å². The van der Waals surface area contributed by atoms with E-state index in [2.05, 4.69) is 20.9 Å². The number of hydrogen-bond donors (Lipinski definition) is 3. The van der Waals surface area contributed by atoms with Gasteiger partial charge < -0.3 is 16.0 Å². The van der Waals surface area contributed by atoms with Crippen LogP contribution in [-0.4, -0.2) is 23.3 Å². The number of nitrogens with one attached hydrogen (secondary N) is 3. The van der Waals surface area contributed by atoms with Crippen LogP contribution in [0.5, 0.6) is 0 Å². The van der Waals surface area contributed by atoms with Gasteiger partial charge in [0.25, 0.3) is 5.91 Å². The van der Waals surface area contributed by atoms with Gasteiger partial charge in [-0.05, 0) is 43.7 Å². The summed E-state index contributed by atoms with van der Waals surface area (Å²) in [5.74, 6) is -0.466. The fourth-order valence-corrected chi connectivity index (χ4v) is 3.07. The maximum absolute atomic E-state index is 12.8. The number of anilines is 1. The third-order valence-corrected chi connectivity index (χ3v) is 4.79. The zero-order valence-electron chi connectivity index (χ0n) is 17.1. The molecule has 0 aliphatic carbocycles. The molecular formula is C24H26N4O2. The predicted molar refractivity (Wildman–Crippen MR) is 118 cm³/mol. The Labute approximate surface area is 176 Å². The van der Waals surface area contributed by atoms with Crippen molar-refractivity contribution in [1.82, 2.24) is 15.6 Å². The number of hydrogen-bond acceptors (Lipinski definition) is 4. The molecule has 1 aromatic heterocycles. The standard InChI is InChI=1S/C24H26N4O2/c1-17(19-10-4-3-5-11-19)27-24(30)20-12-6-7-14-22(20)28-23(29)16-26-18(2)21-13-8-9-15-25-21/h3-15,17-18,26H,16H2,1-2H3,(H,27,30)(H,28,29). The first-order chi connectivity index (χ1) is 14.5. The normalized spacial score (nSPS) is 12.6. The average Bonchev–Trinajstić information content (AvgIpc) is 2.79. The van der Waals surface area contributed by atoms with Crippen LogP contribution in [0.25, 0.3) is 0 Å². The quantitative estimate of drug-likeness (QED) is 0.534. The van der Waals surface area contributed by atoms with Gasteiger partial charge in [0.1, 0.15) is 0 Å². The lowest BCUT2D eigenvalue weighted by Crippen LogP contribution is -2.32. The van der Waals surface area contributed by atoms with E-state index in [0.717, 1.165) is 11.3 Å². The Morgan fingerprint density at radius 2 is 1.57 bits per heavy atom. The van der Waals surface area contributed by atoms with E-state index in [0.29, 0.717) is 11.3 Å². The van der Waals surface area contributed by atoms with Crippen LogP contribution < -0.4 is 16.0 Å². The number of carbonyl (C=O) groups excluding carboxylic acids is 2. The first-order valence-electron chi connectivity index (χ1n) is 9.93. The lowest BCUT2D eigenvalue weighted by molar-refractivity contribution is -0.115. The fraction of sp³-hybridized carbons (Fsp3) is 0.208. The SMILES string of the molecule is CC(NC(=O)c1ccccc1NC(=O)CNC(C)c1ccccn1)c1ccccc1. The molecule has 154 valence electrons. The van der Waals surface area contributed by atoms with E-state index in [9.17, 15) is 9.59 Å². The third kappa shape index (κ3) is 5.75. The molecule has 2 unspecified atom stereocenters. The summed E-state index contributed by atoms with van der Waals surface area (Å²) in [6, 6.07) is 22.2. The van der Waals surface area contributed by atoms with Crippen LogP contribution in [0.1, 0.15) is 47.5 Å². The van der Waals surface area contributed by atoms with Gasteiger partial charge in [-0.15, -0.1) is 0 Å². The van der Waals surface area contributed by atoms with Gasteiger partial charge in [-0.25, -0.2) is 0 Å². The number of para-hydroxylation sites is 1. The highest BCUT2D eigenvalue weighted by molar-refractivity contribution is 6.04. The number of nitrogens with zero attached hydrogens (tertiary/aromatic N) is 1. The Morgan fingerprint density at radius 3 is 2.30 bits per heavy atom. The molecule has 0 bridgehead atoms. The summed E-state index contributed by atoms with van der Waals surface area (Å²) >= 11 is 0. The van der Waals surface area contributed by atoms with Gasteiger partial charge in [0.05, 0.1) is 29.5 Å². The largest absolute Gasteiger partial charge is 0.345 e. The maximum atomic E-state index is 12.8. The second-order valence-corrected chi connectivity index (χ2v) is 7.06. The lowest BCUT2D eigenvalue weighted by Gasteiger charge is -2.17. The number of pyridine rings is 1. The minimum absolute atomic E-state index is 0.0674. The monoisotopic (exact) mass is 402 g/mol. The molecule has 0 aliphatic heterocycles. The Balaban J connectivity index is 1.60. The first kappa shape index (κ1) is 21.2. The Bertz CT molecular complexity index is 977. The Hall–Kier alpha value is -3.51. The molecule has 0 fully saturated rings. The van der Waals surface area contributed by atoms with Gasteiger partial charge in [-0.1, -0.05) is 48.5 Å².